The lowest BCUT2D eigenvalue weighted by molar-refractivity contribution is 0.206. The monoisotopic (exact) mass is 438 g/mol. The number of hydrogen-bond donors (Lipinski definition) is 2. The highest BCUT2D eigenvalue weighted by molar-refractivity contribution is 8.15. The highest BCUT2D eigenvalue weighted by Crippen LogP contribution is 2.33. The first-order chi connectivity index (χ1) is 15.1. The molecule has 1 saturated heterocycles. The predicted octanol–water partition coefficient (Wildman–Crippen LogP) is 4.18. The minimum atomic E-state index is 0.205. The van der Waals surface area contributed by atoms with Gasteiger partial charge in [-0.05, 0) is 69.2 Å². The Hall–Kier alpha value is -2.11. The zero-order valence-electron chi connectivity index (χ0n) is 18.6. The van der Waals surface area contributed by atoms with E-state index in [0.29, 0.717) is 18.3 Å². The van der Waals surface area contributed by atoms with Crippen molar-refractivity contribution in [1.29, 1.82) is 0 Å². The van der Waals surface area contributed by atoms with Crippen LogP contribution in [-0.4, -0.2) is 49.4 Å². The van der Waals surface area contributed by atoms with E-state index < -0.39 is 0 Å². The van der Waals surface area contributed by atoms with E-state index in [-0.39, 0.29) is 17.8 Å². The maximum Gasteiger partial charge on any atom is 0.112 e. The molecule has 5 nitrogen and oxygen atoms in total. The first-order valence-corrected chi connectivity index (χ1v) is 11.9. The maximum atomic E-state index is 6.06. The van der Waals surface area contributed by atoms with Crippen molar-refractivity contribution in [3.8, 4) is 0 Å². The Balaban J connectivity index is 1.62. The fraction of sp³-hybridized carbons (Fsp3) is 0.480. The number of aliphatic imine (C=N–C) groups is 2. The highest BCUT2D eigenvalue weighted by Gasteiger charge is 2.28. The Morgan fingerprint density at radius 1 is 1.42 bits per heavy atom. The van der Waals surface area contributed by atoms with Crippen LogP contribution in [0.15, 0.2) is 75.2 Å². The first-order valence-electron chi connectivity index (χ1n) is 11.0. The summed E-state index contributed by atoms with van der Waals surface area (Å²) in [6.45, 7) is 12.1. The maximum absolute atomic E-state index is 6.06. The second-order valence-electron chi connectivity index (χ2n) is 8.13. The van der Waals surface area contributed by atoms with Crippen LogP contribution >= 0.6 is 11.8 Å². The van der Waals surface area contributed by atoms with Crippen molar-refractivity contribution in [2.24, 2.45) is 27.6 Å². The Morgan fingerprint density at radius 3 is 3.00 bits per heavy atom. The zero-order chi connectivity index (χ0) is 22.1. The number of ether oxygens (including phenoxy) is 1. The van der Waals surface area contributed by atoms with Crippen LogP contribution in [0.2, 0.25) is 0 Å². The number of rotatable bonds is 8. The summed E-state index contributed by atoms with van der Waals surface area (Å²) in [6.07, 6.45) is 14.4. The molecule has 0 bridgehead atoms. The molecule has 6 heteroatoms. The van der Waals surface area contributed by atoms with Gasteiger partial charge in [-0.15, -0.1) is 17.5 Å². The Morgan fingerprint density at radius 2 is 2.23 bits per heavy atom. The summed E-state index contributed by atoms with van der Waals surface area (Å²) < 4.78 is 6.06. The van der Waals surface area contributed by atoms with Crippen LogP contribution < -0.4 is 11.1 Å². The third kappa shape index (κ3) is 7.22. The molecule has 0 aromatic rings. The number of nitrogens with zero attached hydrogens (tertiary/aromatic N) is 2. The minimum absolute atomic E-state index is 0.205. The molecule has 3 rings (SSSR count). The molecule has 166 valence electrons. The Bertz CT molecular complexity index is 868. The predicted molar refractivity (Wildman–Crippen MR) is 134 cm³/mol. The van der Waals surface area contributed by atoms with Crippen LogP contribution in [0.25, 0.3) is 0 Å². The number of nitrogens with two attached hydrogens (primary N) is 1. The van der Waals surface area contributed by atoms with Gasteiger partial charge in [0.2, 0.25) is 0 Å². The van der Waals surface area contributed by atoms with Gasteiger partial charge < -0.3 is 15.8 Å². The van der Waals surface area contributed by atoms with E-state index in [1.165, 1.54) is 16.2 Å². The molecule has 3 N–H and O–H groups in total. The SMILES string of the molecule is C=C(/C=C(\C=NCN)C1CN=C(C2CCNCC2)S1)OCC1/C=C(/C)C=C=CC=C1C. The van der Waals surface area contributed by atoms with Gasteiger partial charge in [-0.25, -0.2) is 0 Å². The summed E-state index contributed by atoms with van der Waals surface area (Å²) >= 11 is 1.86. The van der Waals surface area contributed by atoms with Gasteiger partial charge in [-0.1, -0.05) is 24.3 Å². The number of hydrogen-bond acceptors (Lipinski definition) is 6. The van der Waals surface area contributed by atoms with Crippen LogP contribution in [0.3, 0.4) is 0 Å². The zero-order valence-corrected chi connectivity index (χ0v) is 19.5. The lowest BCUT2D eigenvalue weighted by Crippen LogP contribution is -2.30. The molecular weight excluding hydrogens is 404 g/mol. The van der Waals surface area contributed by atoms with Gasteiger partial charge in [0.15, 0.2) is 0 Å². The van der Waals surface area contributed by atoms with Crippen LogP contribution in [0, 0.1) is 11.8 Å². The second kappa shape index (κ2) is 12.1. The molecule has 2 unspecified atom stereocenters. The molecule has 1 fully saturated rings. The average Bonchev–Trinajstić information content (AvgIpc) is 3.26. The third-order valence-electron chi connectivity index (χ3n) is 5.66. The van der Waals surface area contributed by atoms with Gasteiger partial charge >= 0.3 is 0 Å². The van der Waals surface area contributed by atoms with Gasteiger partial charge in [0, 0.05) is 18.1 Å². The summed E-state index contributed by atoms with van der Waals surface area (Å²) in [5.74, 6) is 1.42. The van der Waals surface area contributed by atoms with E-state index >= 15 is 0 Å². The summed E-state index contributed by atoms with van der Waals surface area (Å²) in [5, 5.41) is 4.94. The van der Waals surface area contributed by atoms with Crippen LogP contribution in [0.1, 0.15) is 26.7 Å². The summed E-state index contributed by atoms with van der Waals surface area (Å²) in [4.78, 5) is 9.14. The molecule has 0 aromatic heterocycles. The summed E-state index contributed by atoms with van der Waals surface area (Å²) in [5.41, 5.74) is 12.3. The van der Waals surface area contributed by atoms with Crippen LogP contribution in [-0.2, 0) is 4.74 Å². The summed E-state index contributed by atoms with van der Waals surface area (Å²) in [7, 11) is 0. The fourth-order valence-electron chi connectivity index (χ4n) is 3.82. The van der Waals surface area contributed by atoms with Gasteiger partial charge in [-0.2, -0.15) is 0 Å². The van der Waals surface area contributed by atoms with E-state index in [1.54, 1.807) is 0 Å². The van der Waals surface area contributed by atoms with Crippen molar-refractivity contribution in [3.63, 3.8) is 0 Å². The van der Waals surface area contributed by atoms with E-state index in [4.69, 9.17) is 15.5 Å². The summed E-state index contributed by atoms with van der Waals surface area (Å²) in [6, 6.07) is 0. The molecule has 0 spiro atoms. The van der Waals surface area contributed by atoms with Crippen molar-refractivity contribution in [2.75, 3.05) is 32.9 Å². The van der Waals surface area contributed by atoms with Gasteiger partial charge in [0.1, 0.15) is 5.76 Å². The molecule has 31 heavy (non-hydrogen) atoms. The van der Waals surface area contributed by atoms with Crippen LogP contribution in [0.5, 0.6) is 0 Å². The number of piperidine rings is 1. The molecule has 0 amide bonds. The smallest absolute Gasteiger partial charge is 0.112 e. The van der Waals surface area contributed by atoms with E-state index in [1.807, 2.05) is 36.2 Å². The molecule has 0 aromatic carbocycles. The average molecular weight is 439 g/mol. The number of thioether (sulfide) groups is 1. The fourth-order valence-corrected chi connectivity index (χ4v) is 5.10. The van der Waals surface area contributed by atoms with Gasteiger partial charge in [0.25, 0.3) is 0 Å². The number of allylic oxidation sites excluding steroid dienone is 4. The molecule has 1 aliphatic carbocycles. The third-order valence-corrected chi connectivity index (χ3v) is 7.07. The quantitative estimate of drug-likeness (QED) is 0.258. The van der Waals surface area contributed by atoms with Crippen molar-refractivity contribution in [1.82, 2.24) is 5.32 Å². The van der Waals surface area contributed by atoms with Gasteiger partial charge in [0.05, 0.1) is 30.1 Å². The van der Waals surface area contributed by atoms with E-state index in [9.17, 15) is 0 Å². The van der Waals surface area contributed by atoms with Crippen molar-refractivity contribution in [3.05, 3.63) is 65.2 Å². The standard InChI is InChI=1S/C25H34N4OS/c1-18-6-4-5-7-19(2)23(12-18)16-30-20(3)13-22(14-28-17-26)24-15-29-25(31-24)21-8-10-27-11-9-21/h5-7,12-14,21,23-24,27H,3,8-11,15-17,26H2,1-2H3/b18-12-,19-7?,22-13+,28-14?. The Kier molecular flexibility index (Phi) is 9.16. The second-order valence-corrected chi connectivity index (χ2v) is 9.35. The lowest BCUT2D eigenvalue weighted by atomic mass is 9.97. The van der Waals surface area contributed by atoms with E-state index in [0.717, 1.165) is 38.0 Å². The Labute approximate surface area is 190 Å². The van der Waals surface area contributed by atoms with Gasteiger partial charge in [-0.3, -0.25) is 9.98 Å². The van der Waals surface area contributed by atoms with Crippen molar-refractivity contribution in [2.45, 2.75) is 31.9 Å². The lowest BCUT2D eigenvalue weighted by Gasteiger charge is -2.22. The molecule has 0 saturated carbocycles. The van der Waals surface area contributed by atoms with Crippen molar-refractivity contribution >= 4 is 23.0 Å². The molecule has 0 radical (unpaired) electrons. The largest absolute Gasteiger partial charge is 0.493 e. The highest BCUT2D eigenvalue weighted by atomic mass is 32.2. The molecule has 3 aliphatic rings. The topological polar surface area (TPSA) is 72.0 Å². The molecule has 2 heterocycles. The molecule has 2 atom stereocenters. The minimum Gasteiger partial charge on any atom is -0.493 e. The molecular formula is C25H34N4OS. The normalized spacial score (nSPS) is 26.8. The van der Waals surface area contributed by atoms with Crippen molar-refractivity contribution < 1.29 is 4.74 Å². The molecule has 2 aliphatic heterocycles. The van der Waals surface area contributed by atoms with Crippen LogP contribution in [0.4, 0.5) is 0 Å². The van der Waals surface area contributed by atoms with E-state index in [2.05, 4.69) is 48.6 Å². The first kappa shape index (κ1) is 23.6. The number of nitrogens with one attached hydrogen (secondary N) is 1.